The number of hydrogen-bond donors (Lipinski definition) is 0. The van der Waals surface area contributed by atoms with E-state index in [1.165, 1.54) is 12.1 Å². The van der Waals surface area contributed by atoms with Crippen LogP contribution in [0.15, 0.2) is 24.3 Å². The van der Waals surface area contributed by atoms with E-state index in [2.05, 4.69) is 17.0 Å². The first-order valence-electron chi connectivity index (χ1n) is 9.56. The van der Waals surface area contributed by atoms with Crippen molar-refractivity contribution in [3.05, 3.63) is 29.8 Å². The van der Waals surface area contributed by atoms with Gasteiger partial charge in [0.2, 0.25) is 0 Å². The van der Waals surface area contributed by atoms with Crippen LogP contribution in [0.2, 0.25) is 0 Å². The van der Waals surface area contributed by atoms with Gasteiger partial charge in [-0.15, -0.1) is 0 Å². The van der Waals surface area contributed by atoms with Crippen LogP contribution in [0.1, 0.15) is 45.6 Å². The lowest BCUT2D eigenvalue weighted by atomic mass is 9.78. The maximum absolute atomic E-state index is 12.3. The van der Waals surface area contributed by atoms with Crippen LogP contribution in [0.5, 0.6) is 0 Å². The van der Waals surface area contributed by atoms with Crippen LogP contribution in [-0.2, 0) is 16.0 Å². The van der Waals surface area contributed by atoms with E-state index in [1.807, 2.05) is 37.8 Å². The zero-order chi connectivity index (χ0) is 18.8. The van der Waals surface area contributed by atoms with Gasteiger partial charge >= 0.3 is 6.09 Å². The van der Waals surface area contributed by atoms with Crippen molar-refractivity contribution in [3.8, 4) is 0 Å². The molecule has 3 rings (SSSR count). The minimum absolute atomic E-state index is 0.187. The number of piperidine rings is 1. The predicted octanol–water partition coefficient (Wildman–Crippen LogP) is 3.66. The predicted molar refractivity (Wildman–Crippen MR) is 103 cm³/mol. The van der Waals surface area contributed by atoms with Crippen molar-refractivity contribution in [1.82, 2.24) is 4.90 Å². The summed E-state index contributed by atoms with van der Waals surface area (Å²) in [4.78, 5) is 27.2. The normalized spacial score (nSPS) is 19.7. The lowest BCUT2D eigenvalue weighted by molar-refractivity contribution is -0.107. The van der Waals surface area contributed by atoms with E-state index in [1.54, 1.807) is 0 Å². The summed E-state index contributed by atoms with van der Waals surface area (Å²) < 4.78 is 5.50. The first kappa shape index (κ1) is 18.7. The zero-order valence-electron chi connectivity index (χ0n) is 16.2. The third-order valence-corrected chi connectivity index (χ3v) is 5.53. The molecule has 2 fully saturated rings. The van der Waals surface area contributed by atoms with E-state index in [0.717, 1.165) is 50.9 Å². The molecular formula is C21H30N2O3. The second-order valence-electron chi connectivity index (χ2n) is 8.68. The Morgan fingerprint density at radius 3 is 2.31 bits per heavy atom. The molecular weight excluding hydrogens is 328 g/mol. The van der Waals surface area contributed by atoms with Crippen LogP contribution in [-0.4, -0.2) is 49.1 Å². The van der Waals surface area contributed by atoms with E-state index < -0.39 is 5.60 Å². The molecule has 2 aliphatic rings. The lowest BCUT2D eigenvalue weighted by Gasteiger charge is -2.39. The summed E-state index contributed by atoms with van der Waals surface area (Å²) in [6.07, 6.45) is 4.47. The van der Waals surface area contributed by atoms with Crippen LogP contribution in [0.25, 0.3) is 0 Å². The number of rotatable bonds is 3. The molecule has 0 aromatic heterocycles. The van der Waals surface area contributed by atoms with Crippen LogP contribution < -0.4 is 4.90 Å². The number of nitrogens with zero attached hydrogens (tertiary/aromatic N) is 2. The molecule has 1 aromatic rings. The summed E-state index contributed by atoms with van der Waals surface area (Å²) in [7, 11) is 0. The smallest absolute Gasteiger partial charge is 0.410 e. The van der Waals surface area contributed by atoms with E-state index >= 15 is 0 Å². The Kier molecular flexibility index (Phi) is 5.26. The van der Waals surface area contributed by atoms with Gasteiger partial charge in [-0.25, -0.2) is 4.79 Å². The number of anilines is 1. The molecule has 0 aliphatic carbocycles. The number of aldehydes is 1. The van der Waals surface area contributed by atoms with Gasteiger partial charge in [-0.1, -0.05) is 12.1 Å². The molecule has 2 aliphatic heterocycles. The average Bonchev–Trinajstić information content (AvgIpc) is 2.99. The quantitative estimate of drug-likeness (QED) is 0.774. The van der Waals surface area contributed by atoms with Crippen LogP contribution in [0.3, 0.4) is 0 Å². The number of amides is 1. The first-order chi connectivity index (χ1) is 12.3. The SMILES string of the molecule is CC(C)(C)OC(=O)N1CCC2(CC1)CCN(c1ccc(CC=O)cc1)C2. The van der Waals surface area contributed by atoms with Gasteiger partial charge < -0.3 is 19.3 Å². The van der Waals surface area contributed by atoms with Gasteiger partial charge in [0.25, 0.3) is 0 Å². The topological polar surface area (TPSA) is 49.9 Å². The molecule has 5 heteroatoms. The highest BCUT2D eigenvalue weighted by Crippen LogP contribution is 2.42. The molecule has 1 aromatic carbocycles. The fraction of sp³-hybridized carbons (Fsp3) is 0.619. The highest BCUT2D eigenvalue weighted by molar-refractivity contribution is 5.68. The summed E-state index contributed by atoms with van der Waals surface area (Å²) in [5.41, 5.74) is 2.15. The monoisotopic (exact) mass is 358 g/mol. The summed E-state index contributed by atoms with van der Waals surface area (Å²) in [5.74, 6) is 0. The fourth-order valence-electron chi connectivity index (χ4n) is 3.99. The summed E-state index contributed by atoms with van der Waals surface area (Å²) in [6.45, 7) is 9.38. The molecule has 2 heterocycles. The largest absolute Gasteiger partial charge is 0.444 e. The maximum Gasteiger partial charge on any atom is 0.410 e. The third-order valence-electron chi connectivity index (χ3n) is 5.53. The Labute approximate surface area is 156 Å². The molecule has 0 bridgehead atoms. The molecule has 2 saturated heterocycles. The molecule has 5 nitrogen and oxygen atoms in total. The summed E-state index contributed by atoms with van der Waals surface area (Å²) in [5, 5.41) is 0. The second kappa shape index (κ2) is 7.29. The van der Waals surface area contributed by atoms with E-state index in [-0.39, 0.29) is 6.09 Å². The molecule has 0 atom stereocenters. The number of carbonyl (C=O) groups is 2. The van der Waals surface area contributed by atoms with Crippen molar-refractivity contribution in [2.45, 2.75) is 52.1 Å². The van der Waals surface area contributed by atoms with Gasteiger partial charge in [0.05, 0.1) is 0 Å². The number of benzene rings is 1. The minimum atomic E-state index is -0.438. The van der Waals surface area contributed by atoms with Gasteiger partial charge in [-0.2, -0.15) is 0 Å². The van der Waals surface area contributed by atoms with Gasteiger partial charge in [0.1, 0.15) is 11.9 Å². The average molecular weight is 358 g/mol. The summed E-state index contributed by atoms with van der Waals surface area (Å²) in [6, 6.07) is 8.32. The van der Waals surface area contributed by atoms with E-state index in [9.17, 15) is 9.59 Å². The number of hydrogen-bond acceptors (Lipinski definition) is 4. The number of carbonyl (C=O) groups excluding carboxylic acids is 2. The second-order valence-corrected chi connectivity index (χ2v) is 8.68. The fourth-order valence-corrected chi connectivity index (χ4v) is 3.99. The van der Waals surface area contributed by atoms with Crippen molar-refractivity contribution in [1.29, 1.82) is 0 Å². The first-order valence-corrected chi connectivity index (χ1v) is 9.56. The van der Waals surface area contributed by atoms with Crippen molar-refractivity contribution in [2.75, 3.05) is 31.1 Å². The van der Waals surface area contributed by atoms with Crippen molar-refractivity contribution in [3.63, 3.8) is 0 Å². The number of ether oxygens (including phenoxy) is 1. The van der Waals surface area contributed by atoms with Crippen LogP contribution in [0.4, 0.5) is 10.5 Å². The number of likely N-dealkylation sites (tertiary alicyclic amines) is 1. The van der Waals surface area contributed by atoms with Gasteiger partial charge in [-0.3, -0.25) is 0 Å². The van der Waals surface area contributed by atoms with Gasteiger partial charge in [-0.05, 0) is 63.1 Å². The molecule has 0 unspecified atom stereocenters. The Morgan fingerprint density at radius 1 is 1.12 bits per heavy atom. The zero-order valence-corrected chi connectivity index (χ0v) is 16.2. The Balaban J connectivity index is 1.55. The molecule has 0 N–H and O–H groups in total. The summed E-state index contributed by atoms with van der Waals surface area (Å²) >= 11 is 0. The van der Waals surface area contributed by atoms with Crippen LogP contribution >= 0.6 is 0 Å². The van der Waals surface area contributed by atoms with Gasteiger partial charge in [0.15, 0.2) is 0 Å². The van der Waals surface area contributed by atoms with Crippen LogP contribution in [0, 0.1) is 5.41 Å². The highest BCUT2D eigenvalue weighted by atomic mass is 16.6. The molecule has 0 saturated carbocycles. The third kappa shape index (κ3) is 4.37. The van der Waals surface area contributed by atoms with Crippen molar-refractivity contribution < 1.29 is 14.3 Å². The Bertz CT molecular complexity index is 640. The molecule has 1 amide bonds. The Morgan fingerprint density at radius 2 is 1.73 bits per heavy atom. The molecule has 142 valence electrons. The van der Waals surface area contributed by atoms with Gasteiger partial charge in [0, 0.05) is 38.3 Å². The lowest BCUT2D eigenvalue weighted by Crippen LogP contribution is -2.46. The molecule has 0 radical (unpaired) electrons. The van der Waals surface area contributed by atoms with Crippen molar-refractivity contribution in [2.24, 2.45) is 5.41 Å². The van der Waals surface area contributed by atoms with E-state index in [0.29, 0.717) is 11.8 Å². The highest BCUT2D eigenvalue weighted by Gasteiger charge is 2.42. The van der Waals surface area contributed by atoms with Crippen molar-refractivity contribution >= 4 is 18.1 Å². The molecule has 1 spiro atoms. The van der Waals surface area contributed by atoms with E-state index in [4.69, 9.17) is 4.74 Å². The Hall–Kier alpha value is -2.04. The minimum Gasteiger partial charge on any atom is -0.444 e. The standard InChI is InChI=1S/C21H30N2O3/c1-20(2,3)26-19(25)22-12-9-21(10-13-22)11-14-23(16-21)18-6-4-17(5-7-18)8-15-24/h4-7,15H,8-14,16H2,1-3H3. The maximum atomic E-state index is 12.3. The molecule has 26 heavy (non-hydrogen) atoms.